The molecule has 0 aromatic carbocycles. The highest BCUT2D eigenvalue weighted by Crippen LogP contribution is 2.38. The van der Waals surface area contributed by atoms with Gasteiger partial charge in [0.1, 0.15) is 19.8 Å². The molecule has 0 N–H and O–H groups in total. The summed E-state index contributed by atoms with van der Waals surface area (Å²) in [6, 6.07) is 0. The quantitative estimate of drug-likeness (QED) is 0.0195. The number of carbonyl (C=O) groups excluding carboxylic acids is 2. The van der Waals surface area contributed by atoms with Gasteiger partial charge in [0.05, 0.1) is 27.7 Å². The number of hydrogen-bond donors (Lipinski definition) is 0. The number of ether oxygens (including phenoxy) is 2. The maximum Gasteiger partial charge on any atom is 0.306 e. The van der Waals surface area contributed by atoms with Crippen molar-refractivity contribution in [3.63, 3.8) is 0 Å². The van der Waals surface area contributed by atoms with E-state index in [1.165, 1.54) is 116 Å². The molecule has 0 radical (unpaired) electrons. The summed E-state index contributed by atoms with van der Waals surface area (Å²) in [5, 5.41) is 0. The number of hydrogen-bond acceptors (Lipinski definition) is 8. The fourth-order valence-corrected chi connectivity index (χ4v) is 8.81. The first-order valence-corrected chi connectivity index (χ1v) is 32.1. The highest BCUT2D eigenvalue weighted by atomic mass is 31.2. The molecule has 0 aromatic heterocycles. The number of phosphoric acid groups is 1. The molecule has 0 aliphatic carbocycles. The Morgan fingerprint density at radius 2 is 0.750 bits per heavy atom. The summed E-state index contributed by atoms with van der Waals surface area (Å²) >= 11 is 0. The van der Waals surface area contributed by atoms with Crippen LogP contribution in [-0.2, 0) is 32.7 Å². The molecule has 2 unspecified atom stereocenters. The van der Waals surface area contributed by atoms with Crippen LogP contribution >= 0.6 is 7.82 Å². The summed E-state index contributed by atoms with van der Waals surface area (Å²) in [5.41, 5.74) is 0. The van der Waals surface area contributed by atoms with E-state index in [1.54, 1.807) is 0 Å². The second-order valence-corrected chi connectivity index (χ2v) is 22.7. The highest BCUT2D eigenvalue weighted by molar-refractivity contribution is 7.45. The molecule has 0 saturated heterocycles. The molecule has 9 nitrogen and oxygen atoms in total. The lowest BCUT2D eigenvalue weighted by Crippen LogP contribution is -2.37. The minimum absolute atomic E-state index is 0.0417. The van der Waals surface area contributed by atoms with Crippen LogP contribution in [-0.4, -0.2) is 70.0 Å². The maximum absolute atomic E-state index is 12.8. The molecule has 10 heteroatoms. The first-order chi connectivity index (χ1) is 37.0. The number of unbranched alkanes of at least 4 members (excludes halogenated alkanes) is 23. The van der Waals surface area contributed by atoms with E-state index in [4.69, 9.17) is 18.5 Å². The molecule has 0 aromatic rings. The molecule has 436 valence electrons. The molecule has 0 saturated carbocycles. The van der Waals surface area contributed by atoms with Gasteiger partial charge in [0, 0.05) is 12.8 Å². The average molecular weight is 1080 g/mol. The normalized spacial score (nSPS) is 14.0. The molecule has 0 spiro atoms. The van der Waals surface area contributed by atoms with Crippen molar-refractivity contribution < 1.29 is 42.1 Å². The van der Waals surface area contributed by atoms with E-state index in [1.807, 2.05) is 21.1 Å². The monoisotopic (exact) mass is 1080 g/mol. The molecule has 0 heterocycles. The number of rotatable bonds is 55. The van der Waals surface area contributed by atoms with Gasteiger partial charge in [-0.15, -0.1) is 0 Å². The van der Waals surface area contributed by atoms with Crippen LogP contribution in [0, 0.1) is 0 Å². The largest absolute Gasteiger partial charge is 0.756 e. The number of allylic oxidation sites excluding steroid dienone is 18. The van der Waals surface area contributed by atoms with Crippen LogP contribution in [0.15, 0.2) is 109 Å². The van der Waals surface area contributed by atoms with Crippen LogP contribution in [0.25, 0.3) is 0 Å². The van der Waals surface area contributed by atoms with Gasteiger partial charge in [-0.3, -0.25) is 14.2 Å². The summed E-state index contributed by atoms with van der Waals surface area (Å²) in [5.74, 6) is -0.866. The molecular weight excluding hydrogens is 966 g/mol. The van der Waals surface area contributed by atoms with E-state index in [-0.39, 0.29) is 26.1 Å². The number of likely N-dealkylation sites (N-methyl/N-ethyl adjacent to an activating group) is 1. The SMILES string of the molecule is CC/C=C\C/C=C\C/C=C\C/C=C\C/C=C\C/C=C\CCCCCCC(=O)OC(COC(=O)CCCCCCCCCCCCCCCC/C=C\C/C=C\C/C=C\CCCCCCC)COP(=O)([O-])OCC[N+](C)(C)C. The van der Waals surface area contributed by atoms with Crippen molar-refractivity contribution in [2.75, 3.05) is 47.5 Å². The standard InChI is InChI=1S/C66H114NO8P/c1-6-8-10-12-14-16-18-20-22-24-26-28-30-31-32-33-34-35-37-38-40-42-44-46-48-50-52-54-56-58-65(68)72-62-64(63-74-76(70,71)73-61-60-67(3,4)5)75-66(69)59-57-55-53-51-49-47-45-43-41-39-36-29-27-25-23-21-19-17-15-13-11-9-7-2/h9,11,15,17-18,20-21,23-24,26-27,29-31,39,41,45,47,64H,6-8,10,12-14,16,19,22,25,28,32-38,40,42-44,46,48-63H2,1-5H3/b11-9-,17-15-,20-18-,23-21-,26-24-,29-27-,31-30-,41-39-,47-45-. The minimum Gasteiger partial charge on any atom is -0.756 e. The van der Waals surface area contributed by atoms with Crippen molar-refractivity contribution in [1.29, 1.82) is 0 Å². The zero-order chi connectivity index (χ0) is 55.6. The number of nitrogens with zero attached hydrogens (tertiary/aromatic N) is 1. The van der Waals surface area contributed by atoms with Gasteiger partial charge in [-0.05, 0) is 103 Å². The van der Waals surface area contributed by atoms with Gasteiger partial charge in [0.2, 0.25) is 0 Å². The predicted molar refractivity (Wildman–Crippen MR) is 323 cm³/mol. The van der Waals surface area contributed by atoms with Gasteiger partial charge >= 0.3 is 11.9 Å². The zero-order valence-electron chi connectivity index (χ0n) is 49.4. The summed E-state index contributed by atoms with van der Waals surface area (Å²) in [6.45, 7) is 4.08. The van der Waals surface area contributed by atoms with Crippen molar-refractivity contribution in [3.05, 3.63) is 109 Å². The average Bonchev–Trinajstić information content (AvgIpc) is 3.38. The van der Waals surface area contributed by atoms with Gasteiger partial charge < -0.3 is 27.9 Å². The predicted octanol–water partition coefficient (Wildman–Crippen LogP) is 18.7. The first-order valence-electron chi connectivity index (χ1n) is 30.6. The van der Waals surface area contributed by atoms with Crippen molar-refractivity contribution in [2.45, 2.75) is 251 Å². The van der Waals surface area contributed by atoms with Crippen LogP contribution in [0.5, 0.6) is 0 Å². The van der Waals surface area contributed by atoms with Gasteiger partial charge in [-0.25, -0.2) is 0 Å². The Bertz CT molecular complexity index is 1650. The summed E-state index contributed by atoms with van der Waals surface area (Å²) in [4.78, 5) is 37.9. The molecule has 0 amide bonds. The Labute approximate surface area is 467 Å². The second-order valence-electron chi connectivity index (χ2n) is 21.3. The summed E-state index contributed by atoms with van der Waals surface area (Å²) in [6.07, 6.45) is 78.5. The fraction of sp³-hybridized carbons (Fsp3) is 0.697. The van der Waals surface area contributed by atoms with Gasteiger partial charge in [-0.2, -0.15) is 0 Å². The van der Waals surface area contributed by atoms with Crippen molar-refractivity contribution >= 4 is 19.8 Å². The van der Waals surface area contributed by atoms with Crippen LogP contribution in [0.2, 0.25) is 0 Å². The molecule has 0 aliphatic rings. The topological polar surface area (TPSA) is 111 Å². The smallest absolute Gasteiger partial charge is 0.306 e. The Morgan fingerprint density at radius 1 is 0.421 bits per heavy atom. The molecule has 2 atom stereocenters. The van der Waals surface area contributed by atoms with Crippen LogP contribution in [0.4, 0.5) is 0 Å². The van der Waals surface area contributed by atoms with E-state index >= 15 is 0 Å². The van der Waals surface area contributed by atoms with Gasteiger partial charge in [-0.1, -0.05) is 239 Å². The summed E-state index contributed by atoms with van der Waals surface area (Å²) < 4.78 is 34.2. The lowest BCUT2D eigenvalue weighted by molar-refractivity contribution is -0.870. The lowest BCUT2D eigenvalue weighted by Gasteiger charge is -2.28. The lowest BCUT2D eigenvalue weighted by atomic mass is 10.0. The number of quaternary nitrogens is 1. The second kappa shape index (κ2) is 56.4. The van der Waals surface area contributed by atoms with E-state index in [2.05, 4.69) is 123 Å². The minimum atomic E-state index is -4.65. The zero-order valence-corrected chi connectivity index (χ0v) is 50.3. The molecule has 0 bridgehead atoms. The van der Waals surface area contributed by atoms with Crippen LogP contribution in [0.3, 0.4) is 0 Å². The molecule has 0 aliphatic heterocycles. The Kier molecular flexibility index (Phi) is 53.9. The Morgan fingerprint density at radius 3 is 1.12 bits per heavy atom. The maximum atomic E-state index is 12.8. The van der Waals surface area contributed by atoms with Crippen LogP contribution in [0.1, 0.15) is 245 Å². The van der Waals surface area contributed by atoms with Gasteiger partial charge in [0.25, 0.3) is 7.82 Å². The first kappa shape index (κ1) is 72.7. The number of carbonyl (C=O) groups is 2. The van der Waals surface area contributed by atoms with Crippen LogP contribution < -0.4 is 4.89 Å². The van der Waals surface area contributed by atoms with E-state index in [0.717, 1.165) is 96.3 Å². The molecule has 76 heavy (non-hydrogen) atoms. The number of esters is 2. The Hall–Kier alpha value is -3.33. The van der Waals surface area contributed by atoms with E-state index in [9.17, 15) is 19.0 Å². The third-order valence-electron chi connectivity index (χ3n) is 12.8. The van der Waals surface area contributed by atoms with Crippen molar-refractivity contribution in [1.82, 2.24) is 0 Å². The van der Waals surface area contributed by atoms with Crippen molar-refractivity contribution in [2.24, 2.45) is 0 Å². The number of phosphoric ester groups is 1. The molecule has 0 rings (SSSR count). The van der Waals surface area contributed by atoms with E-state index < -0.39 is 32.5 Å². The van der Waals surface area contributed by atoms with Crippen molar-refractivity contribution in [3.8, 4) is 0 Å². The molecular formula is C66H114NO8P. The third kappa shape index (κ3) is 59.9. The molecule has 0 fully saturated rings. The van der Waals surface area contributed by atoms with Gasteiger partial charge in [0.15, 0.2) is 6.10 Å². The fourth-order valence-electron chi connectivity index (χ4n) is 8.08. The highest BCUT2D eigenvalue weighted by Gasteiger charge is 2.22. The third-order valence-corrected chi connectivity index (χ3v) is 13.7. The summed E-state index contributed by atoms with van der Waals surface area (Å²) in [7, 11) is 1.14. The Balaban J connectivity index is 4.19. The van der Waals surface area contributed by atoms with E-state index in [0.29, 0.717) is 17.4 Å².